The Hall–Kier alpha value is -4.31. The molecule has 6 rings (SSSR count). The van der Waals surface area contributed by atoms with Gasteiger partial charge in [0, 0.05) is 54.1 Å². The molecule has 9 nitrogen and oxygen atoms in total. The van der Waals surface area contributed by atoms with Crippen molar-refractivity contribution in [3.05, 3.63) is 64.3 Å². The van der Waals surface area contributed by atoms with Crippen LogP contribution in [0, 0.1) is 23.0 Å². The summed E-state index contributed by atoms with van der Waals surface area (Å²) < 4.78 is 31.6. The maximum atomic E-state index is 16.7. The Kier molecular flexibility index (Phi) is 7.41. The molecule has 4 heterocycles. The van der Waals surface area contributed by atoms with E-state index in [1.54, 1.807) is 12.3 Å². The molecule has 3 aromatic heterocycles. The first-order valence-corrected chi connectivity index (χ1v) is 14.7. The van der Waals surface area contributed by atoms with E-state index in [4.69, 9.17) is 28.1 Å². The third-order valence-electron chi connectivity index (χ3n) is 7.92. The number of nitrogen functional groups attached to an aromatic ring is 2. The van der Waals surface area contributed by atoms with Gasteiger partial charge >= 0.3 is 0 Å². The summed E-state index contributed by atoms with van der Waals surface area (Å²) in [6, 6.07) is 10.3. The minimum Gasteiger partial charge on any atom is -0.389 e. The number of hydrogen-bond acceptors (Lipinski definition) is 10. The number of rotatable bonds is 7. The summed E-state index contributed by atoms with van der Waals surface area (Å²) in [6.45, 7) is 3.80. The van der Waals surface area contributed by atoms with Gasteiger partial charge in [-0.05, 0) is 43.4 Å². The molecule has 0 bridgehead atoms. The van der Waals surface area contributed by atoms with E-state index in [2.05, 4.69) is 20.2 Å². The summed E-state index contributed by atoms with van der Waals surface area (Å²) in [7, 11) is 4.01. The van der Waals surface area contributed by atoms with Crippen molar-refractivity contribution in [1.82, 2.24) is 19.9 Å². The van der Waals surface area contributed by atoms with Gasteiger partial charge in [0.15, 0.2) is 5.82 Å². The van der Waals surface area contributed by atoms with Crippen LogP contribution in [0.3, 0.4) is 0 Å². The Morgan fingerprint density at radius 2 is 2.00 bits per heavy atom. The summed E-state index contributed by atoms with van der Waals surface area (Å²) in [5, 5.41) is 14.0. The van der Waals surface area contributed by atoms with Gasteiger partial charge in [-0.2, -0.15) is 10.2 Å². The van der Waals surface area contributed by atoms with Crippen molar-refractivity contribution in [2.75, 3.05) is 55.4 Å². The first kappa shape index (κ1) is 28.8. The quantitative estimate of drug-likeness (QED) is 0.205. The van der Waals surface area contributed by atoms with Crippen LogP contribution in [0.15, 0.2) is 36.5 Å². The zero-order chi connectivity index (χ0) is 30.6. The Bertz CT molecular complexity index is 1930. The molecule has 5 aromatic rings. The molecule has 0 amide bonds. The number of halogens is 3. The average Bonchev–Trinajstić information content (AvgIpc) is 3.29. The van der Waals surface area contributed by atoms with Crippen molar-refractivity contribution in [3.8, 4) is 17.2 Å². The number of pyridine rings is 1. The van der Waals surface area contributed by atoms with Gasteiger partial charge in [0.2, 0.25) is 5.95 Å². The number of nitrogens with two attached hydrogens (primary N) is 2. The average molecular weight is 620 g/mol. The summed E-state index contributed by atoms with van der Waals surface area (Å²) >= 11 is 7.70. The Morgan fingerprint density at radius 1 is 1.23 bits per heavy atom. The third-order valence-corrected chi connectivity index (χ3v) is 9.25. The lowest BCUT2D eigenvalue weighted by Crippen LogP contribution is -2.58. The maximum Gasteiger partial charge on any atom is 0.228 e. The lowest BCUT2D eigenvalue weighted by atomic mass is 9.97. The number of aromatic nitrogens is 3. The van der Waals surface area contributed by atoms with Crippen LogP contribution >= 0.6 is 22.9 Å². The minimum absolute atomic E-state index is 0.00958. The SMILES string of the molecule is C[C@@H](CNc1nc(N2CC(N(C)C)C2)nc2c(F)c(-c3ccc(F)c4sc(N)c(C#N)c34)c(Cl)cc12)c1cccnc1N. The predicted octanol–water partition coefficient (Wildman–Crippen LogP) is 5.84. The molecule has 5 N–H and O–H groups in total. The molecule has 43 heavy (non-hydrogen) atoms. The fourth-order valence-electron chi connectivity index (χ4n) is 5.37. The van der Waals surface area contributed by atoms with E-state index < -0.39 is 11.6 Å². The number of hydrogen-bond donors (Lipinski definition) is 3. The van der Waals surface area contributed by atoms with Crippen molar-refractivity contribution >= 4 is 66.5 Å². The second-order valence-corrected chi connectivity index (χ2v) is 12.3. The van der Waals surface area contributed by atoms with Crippen LogP contribution in [0.25, 0.3) is 32.1 Å². The monoisotopic (exact) mass is 619 g/mol. The van der Waals surface area contributed by atoms with Gasteiger partial charge < -0.3 is 26.6 Å². The van der Waals surface area contributed by atoms with E-state index in [0.29, 0.717) is 48.6 Å². The second-order valence-electron chi connectivity index (χ2n) is 10.9. The van der Waals surface area contributed by atoms with Crippen molar-refractivity contribution < 1.29 is 8.78 Å². The standard InChI is InChI=1S/C30H28ClF2N9S/c1-14(16-5-4-8-37-27(16)35)11-38-29-18-9-20(31)23(17-6-7-21(32)26-22(17)19(10-34)28(36)43-26)24(33)25(18)39-30(40-29)42-12-15(13-42)41(2)3/h4-9,14-15H,11-13,36H2,1-3H3,(H2,35,37)(H,38,39,40)/t14-/m0/s1. The number of fused-ring (bicyclic) bond motifs is 2. The van der Waals surface area contributed by atoms with Gasteiger partial charge in [0.25, 0.3) is 0 Å². The van der Waals surface area contributed by atoms with Crippen molar-refractivity contribution in [2.24, 2.45) is 0 Å². The highest BCUT2D eigenvalue weighted by atomic mass is 35.5. The number of nitrogens with one attached hydrogen (secondary N) is 1. The summed E-state index contributed by atoms with van der Waals surface area (Å²) in [5.41, 5.74) is 13.4. The van der Waals surface area contributed by atoms with E-state index in [0.717, 1.165) is 16.9 Å². The molecule has 0 radical (unpaired) electrons. The van der Waals surface area contributed by atoms with Crippen LogP contribution in [-0.2, 0) is 0 Å². The third kappa shape index (κ3) is 4.93. The summed E-state index contributed by atoms with van der Waals surface area (Å²) in [6.07, 6.45) is 1.64. The van der Waals surface area contributed by atoms with E-state index in [1.807, 2.05) is 44.1 Å². The predicted molar refractivity (Wildman–Crippen MR) is 170 cm³/mol. The lowest BCUT2D eigenvalue weighted by Gasteiger charge is -2.42. The Labute approximate surface area is 255 Å². The molecule has 0 aliphatic carbocycles. The number of thiophene rings is 1. The maximum absolute atomic E-state index is 16.7. The number of benzene rings is 2. The van der Waals surface area contributed by atoms with Crippen molar-refractivity contribution in [3.63, 3.8) is 0 Å². The molecule has 1 aliphatic heterocycles. The molecular weight excluding hydrogens is 592 g/mol. The van der Waals surface area contributed by atoms with E-state index in [1.165, 1.54) is 12.1 Å². The van der Waals surface area contributed by atoms with Gasteiger partial charge in [-0.1, -0.05) is 30.7 Å². The Balaban J connectivity index is 1.50. The number of anilines is 4. The molecule has 0 saturated carbocycles. The highest BCUT2D eigenvalue weighted by molar-refractivity contribution is 7.23. The first-order valence-electron chi connectivity index (χ1n) is 13.5. The van der Waals surface area contributed by atoms with E-state index in [-0.39, 0.29) is 48.2 Å². The number of likely N-dealkylation sites (N-methyl/N-ethyl adjacent to an activating group) is 1. The molecule has 220 valence electrons. The normalized spacial score (nSPS) is 14.3. The number of nitriles is 1. The van der Waals surface area contributed by atoms with Crippen LogP contribution in [0.1, 0.15) is 24.0 Å². The smallest absolute Gasteiger partial charge is 0.228 e. The Morgan fingerprint density at radius 3 is 2.70 bits per heavy atom. The second kappa shape index (κ2) is 11.1. The minimum atomic E-state index is -0.704. The van der Waals surface area contributed by atoms with E-state index in [9.17, 15) is 9.65 Å². The zero-order valence-corrected chi connectivity index (χ0v) is 25.2. The number of nitrogens with zero attached hydrogens (tertiary/aromatic N) is 6. The molecule has 2 aromatic carbocycles. The van der Waals surface area contributed by atoms with Gasteiger partial charge in [-0.25, -0.2) is 18.7 Å². The molecule has 13 heteroatoms. The van der Waals surface area contributed by atoms with Crippen molar-refractivity contribution in [2.45, 2.75) is 18.9 Å². The van der Waals surface area contributed by atoms with Gasteiger partial charge in [-0.15, -0.1) is 11.3 Å². The van der Waals surface area contributed by atoms with Crippen LogP contribution in [0.4, 0.5) is 31.4 Å². The fourth-order valence-corrected chi connectivity index (χ4v) is 6.61. The van der Waals surface area contributed by atoms with Gasteiger partial charge in [0.05, 0.1) is 15.3 Å². The largest absolute Gasteiger partial charge is 0.389 e. The molecule has 0 spiro atoms. The molecule has 1 atom stereocenters. The van der Waals surface area contributed by atoms with E-state index >= 15 is 4.39 Å². The van der Waals surface area contributed by atoms with Crippen LogP contribution in [0.5, 0.6) is 0 Å². The highest BCUT2D eigenvalue weighted by Gasteiger charge is 2.32. The zero-order valence-electron chi connectivity index (χ0n) is 23.6. The lowest BCUT2D eigenvalue weighted by molar-refractivity contribution is 0.245. The summed E-state index contributed by atoms with van der Waals surface area (Å²) in [4.78, 5) is 17.7. The van der Waals surface area contributed by atoms with Gasteiger partial charge in [0.1, 0.15) is 34.0 Å². The van der Waals surface area contributed by atoms with Crippen molar-refractivity contribution in [1.29, 1.82) is 5.26 Å². The van der Waals surface area contributed by atoms with Crippen LogP contribution in [-0.4, -0.2) is 59.6 Å². The molecule has 1 fully saturated rings. The summed E-state index contributed by atoms with van der Waals surface area (Å²) in [5.74, 6) is -0.0698. The van der Waals surface area contributed by atoms with Crippen LogP contribution < -0.4 is 21.7 Å². The topological polar surface area (TPSA) is 133 Å². The first-order chi connectivity index (χ1) is 20.6. The molecular formula is C30H28ClF2N9S. The molecule has 1 aliphatic rings. The molecule has 0 unspecified atom stereocenters. The highest BCUT2D eigenvalue weighted by Crippen LogP contribution is 2.45. The van der Waals surface area contributed by atoms with Crippen LogP contribution in [0.2, 0.25) is 5.02 Å². The fraction of sp³-hybridized carbons (Fsp3) is 0.267. The van der Waals surface area contributed by atoms with Gasteiger partial charge in [-0.3, -0.25) is 0 Å². The molecule has 1 saturated heterocycles.